The second kappa shape index (κ2) is 4.32. The van der Waals surface area contributed by atoms with Crippen LogP contribution in [-0.4, -0.2) is 5.16 Å². The van der Waals surface area contributed by atoms with Gasteiger partial charge in [-0.05, 0) is 34.7 Å². The van der Waals surface area contributed by atoms with E-state index in [-0.39, 0.29) is 0 Å². The molecule has 20 heavy (non-hydrogen) atoms. The fourth-order valence-corrected chi connectivity index (χ4v) is 2.93. The summed E-state index contributed by atoms with van der Waals surface area (Å²) >= 11 is 0. The highest BCUT2D eigenvalue weighted by atomic mass is 16.5. The van der Waals surface area contributed by atoms with Crippen LogP contribution in [0, 0.1) is 0 Å². The Labute approximate surface area is 117 Å². The number of nitrogens with two attached hydrogens (primary N) is 1. The monoisotopic (exact) mass is 262 g/mol. The van der Waals surface area contributed by atoms with Gasteiger partial charge in [-0.3, -0.25) is 0 Å². The van der Waals surface area contributed by atoms with Crippen molar-refractivity contribution in [1.29, 1.82) is 0 Å². The van der Waals surface area contributed by atoms with Crippen molar-refractivity contribution in [1.82, 2.24) is 5.16 Å². The summed E-state index contributed by atoms with van der Waals surface area (Å²) in [4.78, 5) is 0. The lowest BCUT2D eigenvalue weighted by atomic mass is 10.0. The molecular formula is C17H14N2O. The Bertz CT molecular complexity index is 789. The molecule has 2 N–H and O–H groups in total. The standard InChI is InChI=1S/C17H14N2O/c18-9-14-10-19-20-17(14)12-5-6-16-13(8-12)7-11-3-1-2-4-15(11)16/h1-6,8,10H,7,9,18H2. The molecule has 1 aliphatic rings. The zero-order valence-corrected chi connectivity index (χ0v) is 11.0. The molecule has 3 heteroatoms. The van der Waals surface area contributed by atoms with Crippen LogP contribution >= 0.6 is 0 Å². The average Bonchev–Trinajstić information content (AvgIpc) is 3.10. The van der Waals surface area contributed by atoms with Crippen LogP contribution in [0.5, 0.6) is 0 Å². The number of rotatable bonds is 2. The highest BCUT2D eigenvalue weighted by Crippen LogP contribution is 2.38. The van der Waals surface area contributed by atoms with Gasteiger partial charge in [0.25, 0.3) is 0 Å². The first-order chi connectivity index (χ1) is 9.86. The Morgan fingerprint density at radius 3 is 2.80 bits per heavy atom. The Hall–Kier alpha value is -2.39. The van der Waals surface area contributed by atoms with Gasteiger partial charge in [0.15, 0.2) is 5.76 Å². The maximum absolute atomic E-state index is 5.71. The molecule has 4 rings (SSSR count). The molecule has 3 nitrogen and oxygen atoms in total. The van der Waals surface area contributed by atoms with Crippen LogP contribution in [0.1, 0.15) is 16.7 Å². The van der Waals surface area contributed by atoms with E-state index in [0.717, 1.165) is 23.3 Å². The molecule has 1 aliphatic carbocycles. The third kappa shape index (κ3) is 1.60. The smallest absolute Gasteiger partial charge is 0.171 e. The summed E-state index contributed by atoms with van der Waals surface area (Å²) in [6.45, 7) is 0.441. The maximum atomic E-state index is 5.71. The van der Waals surface area contributed by atoms with Crippen LogP contribution in [0.3, 0.4) is 0 Å². The van der Waals surface area contributed by atoms with E-state index in [9.17, 15) is 0 Å². The Morgan fingerprint density at radius 2 is 1.90 bits per heavy atom. The summed E-state index contributed by atoms with van der Waals surface area (Å²) in [5.41, 5.74) is 13.1. The van der Waals surface area contributed by atoms with Gasteiger partial charge in [-0.1, -0.05) is 41.6 Å². The lowest BCUT2D eigenvalue weighted by molar-refractivity contribution is 0.431. The second-order valence-corrected chi connectivity index (χ2v) is 5.09. The predicted molar refractivity (Wildman–Crippen MR) is 78.1 cm³/mol. The molecule has 0 aliphatic heterocycles. The Morgan fingerprint density at radius 1 is 1.05 bits per heavy atom. The fraction of sp³-hybridized carbons (Fsp3) is 0.118. The van der Waals surface area contributed by atoms with E-state index >= 15 is 0 Å². The zero-order chi connectivity index (χ0) is 13.5. The average molecular weight is 262 g/mol. The highest BCUT2D eigenvalue weighted by Gasteiger charge is 2.19. The van der Waals surface area contributed by atoms with Gasteiger partial charge in [-0.25, -0.2) is 0 Å². The summed E-state index contributed by atoms with van der Waals surface area (Å²) < 4.78 is 5.35. The minimum Gasteiger partial charge on any atom is -0.356 e. The van der Waals surface area contributed by atoms with Gasteiger partial charge < -0.3 is 10.3 Å². The lowest BCUT2D eigenvalue weighted by Crippen LogP contribution is -1.96. The van der Waals surface area contributed by atoms with Gasteiger partial charge in [0.05, 0.1) is 6.20 Å². The highest BCUT2D eigenvalue weighted by molar-refractivity contribution is 5.79. The Balaban J connectivity index is 1.83. The minimum absolute atomic E-state index is 0.441. The molecular weight excluding hydrogens is 248 g/mol. The van der Waals surface area contributed by atoms with Crippen molar-refractivity contribution in [2.45, 2.75) is 13.0 Å². The van der Waals surface area contributed by atoms with Crippen molar-refractivity contribution in [3.8, 4) is 22.5 Å². The molecule has 98 valence electrons. The molecule has 0 fully saturated rings. The summed E-state index contributed by atoms with van der Waals surface area (Å²) in [7, 11) is 0. The van der Waals surface area contributed by atoms with E-state index in [0.29, 0.717) is 6.54 Å². The first-order valence-corrected chi connectivity index (χ1v) is 6.72. The first kappa shape index (κ1) is 11.4. The van der Waals surface area contributed by atoms with Crippen LogP contribution in [0.2, 0.25) is 0 Å². The van der Waals surface area contributed by atoms with Gasteiger partial charge in [-0.15, -0.1) is 0 Å². The van der Waals surface area contributed by atoms with Crippen LogP contribution in [0.4, 0.5) is 0 Å². The molecule has 0 unspecified atom stereocenters. The van der Waals surface area contributed by atoms with Gasteiger partial charge in [0, 0.05) is 17.7 Å². The Kier molecular flexibility index (Phi) is 2.47. The number of hydrogen-bond donors (Lipinski definition) is 1. The molecule has 0 saturated heterocycles. The molecule has 0 amide bonds. The van der Waals surface area contributed by atoms with Crippen molar-refractivity contribution in [2.75, 3.05) is 0 Å². The van der Waals surface area contributed by atoms with E-state index in [1.165, 1.54) is 22.3 Å². The van der Waals surface area contributed by atoms with Crippen molar-refractivity contribution in [3.05, 3.63) is 65.4 Å². The summed E-state index contributed by atoms with van der Waals surface area (Å²) in [6.07, 6.45) is 2.67. The summed E-state index contributed by atoms with van der Waals surface area (Å²) in [5, 5.41) is 3.85. The maximum Gasteiger partial charge on any atom is 0.171 e. The number of hydrogen-bond acceptors (Lipinski definition) is 3. The number of fused-ring (bicyclic) bond motifs is 3. The van der Waals surface area contributed by atoms with E-state index in [4.69, 9.17) is 10.3 Å². The molecule has 0 spiro atoms. The largest absolute Gasteiger partial charge is 0.356 e. The third-order valence-electron chi connectivity index (χ3n) is 3.92. The van der Waals surface area contributed by atoms with Crippen LogP contribution in [-0.2, 0) is 13.0 Å². The molecule has 1 aromatic heterocycles. The molecule has 3 aromatic rings. The van der Waals surface area contributed by atoms with Gasteiger partial charge in [-0.2, -0.15) is 0 Å². The molecule has 1 heterocycles. The number of aromatic nitrogens is 1. The molecule has 0 saturated carbocycles. The third-order valence-corrected chi connectivity index (χ3v) is 3.92. The van der Waals surface area contributed by atoms with E-state index in [1.54, 1.807) is 6.20 Å². The van der Waals surface area contributed by atoms with Crippen molar-refractivity contribution in [2.24, 2.45) is 5.73 Å². The molecule has 0 atom stereocenters. The molecule has 2 aromatic carbocycles. The SMILES string of the molecule is NCc1cnoc1-c1ccc2c(c1)Cc1ccccc1-2. The topological polar surface area (TPSA) is 52.0 Å². The zero-order valence-electron chi connectivity index (χ0n) is 11.0. The lowest BCUT2D eigenvalue weighted by Gasteiger charge is -2.04. The fourth-order valence-electron chi connectivity index (χ4n) is 2.93. The minimum atomic E-state index is 0.441. The van der Waals surface area contributed by atoms with Crippen LogP contribution < -0.4 is 5.73 Å². The van der Waals surface area contributed by atoms with Crippen LogP contribution in [0.15, 0.2) is 53.2 Å². The normalized spacial score (nSPS) is 12.2. The number of nitrogens with zero attached hydrogens (tertiary/aromatic N) is 1. The number of benzene rings is 2. The first-order valence-electron chi connectivity index (χ1n) is 6.72. The van der Waals surface area contributed by atoms with E-state index in [2.05, 4.69) is 47.6 Å². The predicted octanol–water partition coefficient (Wildman–Crippen LogP) is 3.37. The molecule has 0 radical (unpaired) electrons. The van der Waals surface area contributed by atoms with E-state index in [1.807, 2.05) is 0 Å². The summed E-state index contributed by atoms with van der Waals surface area (Å²) in [6, 6.07) is 15.0. The van der Waals surface area contributed by atoms with Crippen molar-refractivity contribution < 1.29 is 4.52 Å². The van der Waals surface area contributed by atoms with Gasteiger partial charge >= 0.3 is 0 Å². The van der Waals surface area contributed by atoms with Crippen LogP contribution in [0.25, 0.3) is 22.5 Å². The summed E-state index contributed by atoms with van der Waals surface area (Å²) in [5.74, 6) is 0.784. The van der Waals surface area contributed by atoms with Gasteiger partial charge in [0.2, 0.25) is 0 Å². The quantitative estimate of drug-likeness (QED) is 0.602. The van der Waals surface area contributed by atoms with E-state index < -0.39 is 0 Å². The second-order valence-electron chi connectivity index (χ2n) is 5.09. The van der Waals surface area contributed by atoms with Crippen molar-refractivity contribution >= 4 is 0 Å². The van der Waals surface area contributed by atoms with Crippen molar-refractivity contribution in [3.63, 3.8) is 0 Å². The molecule has 0 bridgehead atoms. The van der Waals surface area contributed by atoms with Gasteiger partial charge in [0.1, 0.15) is 0 Å².